The number of aromatic nitrogens is 2. The molecule has 0 aliphatic carbocycles. The third-order valence-electron chi connectivity index (χ3n) is 4.06. The summed E-state index contributed by atoms with van der Waals surface area (Å²) in [5.74, 6) is -1.58. The quantitative estimate of drug-likeness (QED) is 0.774. The summed E-state index contributed by atoms with van der Waals surface area (Å²) in [6.45, 7) is 0.0751. The van der Waals surface area contributed by atoms with Gasteiger partial charge in [-0.25, -0.2) is 13.8 Å². The Hall–Kier alpha value is -2.80. The van der Waals surface area contributed by atoms with E-state index >= 15 is 0 Å². The van der Waals surface area contributed by atoms with Gasteiger partial charge in [0.2, 0.25) is 0 Å². The first-order valence-electron chi connectivity index (χ1n) is 7.78. The standard InChI is InChI=1S/C18H18F2N4O/c1-23(2)15(17-13(19)4-3-5-14(17)20)10-22-18(25)12-6-7-16-21-8-9-24(16)11-12/h3-9,11,15H,10H2,1-2H3,(H,22,25)/t15-/m0/s1. The summed E-state index contributed by atoms with van der Waals surface area (Å²) < 4.78 is 29.8. The second kappa shape index (κ2) is 6.98. The summed E-state index contributed by atoms with van der Waals surface area (Å²) in [5, 5.41) is 2.74. The van der Waals surface area contributed by atoms with Gasteiger partial charge in [0.25, 0.3) is 5.91 Å². The average molecular weight is 344 g/mol. The van der Waals surface area contributed by atoms with Crippen molar-refractivity contribution in [3.05, 3.63) is 71.7 Å². The third-order valence-corrected chi connectivity index (χ3v) is 4.06. The van der Waals surface area contributed by atoms with Crippen LogP contribution in [-0.2, 0) is 0 Å². The zero-order valence-corrected chi connectivity index (χ0v) is 13.9. The number of nitrogens with zero attached hydrogens (tertiary/aromatic N) is 3. The number of carbonyl (C=O) groups is 1. The monoisotopic (exact) mass is 344 g/mol. The Labute approximate surface area is 143 Å². The van der Waals surface area contributed by atoms with Gasteiger partial charge in [-0.2, -0.15) is 0 Å². The van der Waals surface area contributed by atoms with Gasteiger partial charge in [-0.3, -0.25) is 4.79 Å². The highest BCUT2D eigenvalue weighted by atomic mass is 19.1. The number of likely N-dealkylation sites (N-methyl/N-ethyl adjacent to an activating group) is 1. The van der Waals surface area contributed by atoms with Crippen LogP contribution in [0.15, 0.2) is 48.9 Å². The van der Waals surface area contributed by atoms with Gasteiger partial charge < -0.3 is 14.6 Å². The molecule has 2 aromatic heterocycles. The van der Waals surface area contributed by atoms with Gasteiger partial charge in [-0.15, -0.1) is 0 Å². The molecule has 0 saturated heterocycles. The first kappa shape index (κ1) is 17.0. The smallest absolute Gasteiger partial charge is 0.252 e. The van der Waals surface area contributed by atoms with Crippen molar-refractivity contribution in [1.29, 1.82) is 0 Å². The largest absolute Gasteiger partial charge is 0.350 e. The molecule has 1 atom stereocenters. The molecule has 0 aliphatic rings. The van der Waals surface area contributed by atoms with Gasteiger partial charge in [-0.1, -0.05) is 6.07 Å². The minimum Gasteiger partial charge on any atom is -0.350 e. The van der Waals surface area contributed by atoms with Crippen molar-refractivity contribution >= 4 is 11.6 Å². The summed E-state index contributed by atoms with van der Waals surface area (Å²) in [5.41, 5.74) is 1.12. The lowest BCUT2D eigenvalue weighted by molar-refractivity contribution is 0.0940. The highest BCUT2D eigenvalue weighted by Crippen LogP contribution is 2.24. The lowest BCUT2D eigenvalue weighted by Gasteiger charge is -2.25. The predicted octanol–water partition coefficient (Wildman–Crippen LogP) is 2.65. The van der Waals surface area contributed by atoms with Gasteiger partial charge >= 0.3 is 0 Å². The number of benzene rings is 1. The molecule has 0 saturated carbocycles. The zero-order chi connectivity index (χ0) is 18.0. The third kappa shape index (κ3) is 3.51. The Kier molecular flexibility index (Phi) is 4.76. The normalized spacial score (nSPS) is 12.5. The van der Waals surface area contributed by atoms with Crippen molar-refractivity contribution in [1.82, 2.24) is 19.6 Å². The fourth-order valence-corrected chi connectivity index (χ4v) is 2.72. The summed E-state index contributed by atoms with van der Waals surface area (Å²) in [4.78, 5) is 18.2. The van der Waals surface area contributed by atoms with Gasteiger partial charge in [0.15, 0.2) is 0 Å². The average Bonchev–Trinajstić information content (AvgIpc) is 3.04. The zero-order valence-electron chi connectivity index (χ0n) is 13.9. The topological polar surface area (TPSA) is 49.6 Å². The van der Waals surface area contributed by atoms with Crippen LogP contribution in [0.2, 0.25) is 0 Å². The molecule has 2 heterocycles. The van der Waals surface area contributed by atoms with E-state index in [1.807, 2.05) is 0 Å². The van der Waals surface area contributed by atoms with E-state index in [-0.39, 0.29) is 18.0 Å². The van der Waals surface area contributed by atoms with Gasteiger partial charge in [-0.05, 0) is 38.4 Å². The van der Waals surface area contributed by atoms with E-state index in [4.69, 9.17) is 0 Å². The van der Waals surface area contributed by atoms with Crippen molar-refractivity contribution in [2.45, 2.75) is 6.04 Å². The maximum atomic E-state index is 14.1. The minimum absolute atomic E-state index is 0.0575. The Balaban J connectivity index is 1.78. The molecule has 3 aromatic rings. The van der Waals surface area contributed by atoms with Crippen LogP contribution in [0, 0.1) is 11.6 Å². The first-order chi connectivity index (χ1) is 12.0. The van der Waals surface area contributed by atoms with Crippen LogP contribution in [0.3, 0.4) is 0 Å². The molecule has 0 aliphatic heterocycles. The molecule has 0 fully saturated rings. The van der Waals surface area contributed by atoms with Gasteiger partial charge in [0.1, 0.15) is 17.3 Å². The maximum Gasteiger partial charge on any atom is 0.252 e. The van der Waals surface area contributed by atoms with Crippen LogP contribution >= 0.6 is 0 Å². The van der Waals surface area contributed by atoms with E-state index in [2.05, 4.69) is 10.3 Å². The number of rotatable bonds is 5. The minimum atomic E-state index is -0.632. The van der Waals surface area contributed by atoms with Crippen LogP contribution in [0.4, 0.5) is 8.78 Å². The van der Waals surface area contributed by atoms with Crippen molar-refractivity contribution in [2.75, 3.05) is 20.6 Å². The van der Waals surface area contributed by atoms with E-state index in [1.54, 1.807) is 54.1 Å². The van der Waals surface area contributed by atoms with Crippen LogP contribution in [0.5, 0.6) is 0 Å². The van der Waals surface area contributed by atoms with E-state index < -0.39 is 17.7 Å². The lowest BCUT2D eigenvalue weighted by atomic mass is 10.0. The number of nitrogens with one attached hydrogen (secondary N) is 1. The molecule has 25 heavy (non-hydrogen) atoms. The van der Waals surface area contributed by atoms with Crippen LogP contribution < -0.4 is 5.32 Å². The number of halogens is 2. The van der Waals surface area contributed by atoms with Crippen LogP contribution in [0.1, 0.15) is 22.0 Å². The first-order valence-corrected chi connectivity index (χ1v) is 7.78. The van der Waals surface area contributed by atoms with Crippen molar-refractivity contribution < 1.29 is 13.6 Å². The molecule has 0 unspecified atom stereocenters. The van der Waals surface area contributed by atoms with Crippen molar-refractivity contribution in [2.24, 2.45) is 0 Å². The molecule has 1 aromatic carbocycles. The molecular formula is C18H18F2N4O. The van der Waals surface area contributed by atoms with Crippen molar-refractivity contribution in [3.8, 4) is 0 Å². The fraction of sp³-hybridized carbons (Fsp3) is 0.222. The number of amides is 1. The number of pyridine rings is 1. The predicted molar refractivity (Wildman–Crippen MR) is 90.3 cm³/mol. The Bertz CT molecular complexity index is 887. The van der Waals surface area contributed by atoms with Gasteiger partial charge in [0, 0.05) is 30.7 Å². The highest BCUT2D eigenvalue weighted by molar-refractivity contribution is 5.94. The Morgan fingerprint density at radius 1 is 1.24 bits per heavy atom. The molecule has 0 bridgehead atoms. The molecule has 1 N–H and O–H groups in total. The van der Waals surface area contributed by atoms with Crippen LogP contribution in [-0.4, -0.2) is 40.8 Å². The number of carbonyl (C=O) groups excluding carboxylic acids is 1. The Morgan fingerprint density at radius 2 is 1.96 bits per heavy atom. The molecular weight excluding hydrogens is 326 g/mol. The van der Waals surface area contributed by atoms with Gasteiger partial charge in [0.05, 0.1) is 11.6 Å². The van der Waals surface area contributed by atoms with E-state index in [0.29, 0.717) is 5.56 Å². The summed E-state index contributed by atoms with van der Waals surface area (Å²) in [6, 6.07) is 6.51. The van der Waals surface area contributed by atoms with E-state index in [0.717, 1.165) is 5.65 Å². The molecule has 130 valence electrons. The summed E-state index contributed by atoms with van der Waals surface area (Å²) in [6.07, 6.45) is 5.04. The highest BCUT2D eigenvalue weighted by Gasteiger charge is 2.23. The van der Waals surface area contributed by atoms with Crippen LogP contribution in [0.25, 0.3) is 5.65 Å². The number of hydrogen-bond acceptors (Lipinski definition) is 3. The van der Waals surface area contributed by atoms with E-state index in [9.17, 15) is 13.6 Å². The molecule has 0 spiro atoms. The summed E-state index contributed by atoms with van der Waals surface area (Å²) in [7, 11) is 3.42. The number of hydrogen-bond donors (Lipinski definition) is 1. The van der Waals surface area contributed by atoms with E-state index in [1.165, 1.54) is 18.2 Å². The molecule has 3 rings (SSSR count). The number of fused-ring (bicyclic) bond motifs is 1. The molecule has 5 nitrogen and oxygen atoms in total. The molecule has 1 amide bonds. The second-order valence-corrected chi connectivity index (χ2v) is 5.94. The lowest BCUT2D eigenvalue weighted by Crippen LogP contribution is -2.35. The molecule has 0 radical (unpaired) electrons. The fourth-order valence-electron chi connectivity index (χ4n) is 2.72. The SMILES string of the molecule is CN(C)[C@@H](CNC(=O)c1ccc2nccn2c1)c1c(F)cccc1F. The Morgan fingerprint density at radius 3 is 2.64 bits per heavy atom. The second-order valence-electron chi connectivity index (χ2n) is 5.94. The maximum absolute atomic E-state index is 14.1. The van der Waals surface area contributed by atoms with Crippen molar-refractivity contribution in [3.63, 3.8) is 0 Å². The summed E-state index contributed by atoms with van der Waals surface area (Å²) >= 11 is 0. The number of imidazole rings is 1. The molecule has 7 heteroatoms.